The smallest absolute Gasteiger partial charge is 0.312 e. The maximum atomic E-state index is 13.0. The Morgan fingerprint density at radius 3 is 2.55 bits per heavy atom. The zero-order valence-corrected chi connectivity index (χ0v) is 11.7. The zero-order chi connectivity index (χ0) is 14.6. The van der Waals surface area contributed by atoms with Crippen LogP contribution in [0, 0.1) is 0 Å². The van der Waals surface area contributed by atoms with Gasteiger partial charge in [0, 0.05) is 24.5 Å². The van der Waals surface area contributed by atoms with E-state index in [1.54, 1.807) is 24.5 Å². The molecule has 0 aliphatic rings. The van der Waals surface area contributed by atoms with Crippen molar-refractivity contribution in [1.82, 2.24) is 15.3 Å². The van der Waals surface area contributed by atoms with Crippen LogP contribution in [0.3, 0.4) is 0 Å². The zero-order valence-electron chi connectivity index (χ0n) is 10.9. The van der Waals surface area contributed by atoms with Gasteiger partial charge in [0.1, 0.15) is 5.01 Å². The second-order valence-electron chi connectivity index (χ2n) is 4.20. The van der Waals surface area contributed by atoms with Gasteiger partial charge in [-0.3, -0.25) is 4.98 Å². The number of thiazole rings is 1. The van der Waals surface area contributed by atoms with E-state index >= 15 is 0 Å². The van der Waals surface area contributed by atoms with E-state index in [0.29, 0.717) is 17.1 Å². The molecule has 2 aromatic heterocycles. The molecule has 0 saturated heterocycles. The van der Waals surface area contributed by atoms with Crippen molar-refractivity contribution < 1.29 is 13.2 Å². The summed E-state index contributed by atoms with van der Waals surface area (Å²) in [5.41, 5.74) is -0.143. The van der Waals surface area contributed by atoms with Crippen molar-refractivity contribution in [3.8, 4) is 10.6 Å². The van der Waals surface area contributed by atoms with Crippen LogP contribution >= 0.6 is 11.3 Å². The van der Waals surface area contributed by atoms with Gasteiger partial charge in [0.2, 0.25) is 0 Å². The van der Waals surface area contributed by atoms with Crippen molar-refractivity contribution in [3.05, 3.63) is 35.1 Å². The molecule has 0 aliphatic carbocycles. The van der Waals surface area contributed by atoms with Crippen molar-refractivity contribution in [1.29, 1.82) is 0 Å². The lowest BCUT2D eigenvalue weighted by molar-refractivity contribution is -0.141. The van der Waals surface area contributed by atoms with Gasteiger partial charge in [0.15, 0.2) is 5.69 Å². The molecule has 108 valence electrons. The van der Waals surface area contributed by atoms with Crippen molar-refractivity contribution in [3.63, 3.8) is 0 Å². The highest BCUT2D eigenvalue weighted by Gasteiger charge is 2.37. The molecule has 7 heteroatoms. The van der Waals surface area contributed by atoms with E-state index in [0.717, 1.165) is 17.8 Å². The minimum atomic E-state index is -4.43. The third-order valence-electron chi connectivity index (χ3n) is 2.61. The molecule has 0 unspecified atom stereocenters. The Morgan fingerprint density at radius 2 is 1.95 bits per heavy atom. The molecule has 3 nitrogen and oxygen atoms in total. The number of alkyl halides is 3. The Bertz CT molecular complexity index is 552. The standard InChI is InChI=1S/C13H14F3N3S/c1-2-5-18-8-10-11(13(14,15)16)19-12(20-10)9-3-6-17-7-4-9/h3-4,6-7,18H,2,5,8H2,1H3. The number of aromatic nitrogens is 2. The molecule has 20 heavy (non-hydrogen) atoms. The molecule has 0 bridgehead atoms. The number of rotatable bonds is 5. The summed E-state index contributed by atoms with van der Waals surface area (Å²) in [5.74, 6) is 0. The summed E-state index contributed by atoms with van der Waals surface area (Å²) in [5, 5.41) is 3.36. The molecule has 1 N–H and O–H groups in total. The Balaban J connectivity index is 2.32. The van der Waals surface area contributed by atoms with Crippen LogP contribution in [-0.4, -0.2) is 16.5 Å². The molecule has 0 aliphatic heterocycles. The first-order valence-electron chi connectivity index (χ1n) is 6.20. The lowest BCUT2D eigenvalue weighted by atomic mass is 10.3. The summed E-state index contributed by atoms with van der Waals surface area (Å²) in [4.78, 5) is 7.83. The Morgan fingerprint density at radius 1 is 1.25 bits per heavy atom. The van der Waals surface area contributed by atoms with E-state index in [2.05, 4.69) is 15.3 Å². The lowest BCUT2D eigenvalue weighted by Gasteiger charge is -2.06. The minimum Gasteiger partial charge on any atom is -0.312 e. The van der Waals surface area contributed by atoms with Gasteiger partial charge in [0.25, 0.3) is 0 Å². The van der Waals surface area contributed by atoms with Crippen LogP contribution in [0.4, 0.5) is 13.2 Å². The summed E-state index contributed by atoms with van der Waals surface area (Å²) < 4.78 is 39.0. The van der Waals surface area contributed by atoms with Crippen LogP contribution < -0.4 is 5.32 Å². The largest absolute Gasteiger partial charge is 0.434 e. The van der Waals surface area contributed by atoms with Gasteiger partial charge in [-0.15, -0.1) is 11.3 Å². The van der Waals surface area contributed by atoms with Gasteiger partial charge in [-0.25, -0.2) is 4.98 Å². The summed E-state index contributed by atoms with van der Waals surface area (Å²) in [6.45, 7) is 2.83. The third-order valence-corrected chi connectivity index (χ3v) is 3.71. The summed E-state index contributed by atoms with van der Waals surface area (Å²) in [6, 6.07) is 3.31. The van der Waals surface area contributed by atoms with Gasteiger partial charge in [-0.2, -0.15) is 13.2 Å². The number of halogens is 3. The number of nitrogens with zero attached hydrogens (tertiary/aromatic N) is 2. The predicted octanol–water partition coefficient (Wildman–Crippen LogP) is 3.72. The van der Waals surface area contributed by atoms with Crippen molar-refractivity contribution >= 4 is 11.3 Å². The molecular formula is C13H14F3N3S. The van der Waals surface area contributed by atoms with Gasteiger partial charge >= 0.3 is 6.18 Å². The van der Waals surface area contributed by atoms with Crippen LogP contribution in [0.1, 0.15) is 23.9 Å². The molecule has 0 spiro atoms. The number of nitrogens with one attached hydrogen (secondary N) is 1. The van der Waals surface area contributed by atoms with E-state index in [1.165, 1.54) is 0 Å². The minimum absolute atomic E-state index is 0.186. The van der Waals surface area contributed by atoms with Crippen molar-refractivity contribution in [2.45, 2.75) is 26.1 Å². The fourth-order valence-corrected chi connectivity index (χ4v) is 2.75. The molecule has 0 fully saturated rings. The molecule has 0 radical (unpaired) electrons. The van der Waals surface area contributed by atoms with E-state index < -0.39 is 11.9 Å². The third kappa shape index (κ3) is 3.55. The molecule has 2 aromatic rings. The maximum Gasteiger partial charge on any atom is 0.434 e. The highest BCUT2D eigenvalue weighted by Crippen LogP contribution is 2.37. The van der Waals surface area contributed by atoms with Gasteiger partial charge in [0.05, 0.1) is 4.88 Å². The quantitative estimate of drug-likeness (QED) is 0.855. The fraction of sp³-hybridized carbons (Fsp3) is 0.385. The molecule has 0 atom stereocenters. The maximum absolute atomic E-state index is 13.0. The summed E-state index contributed by atoms with van der Waals surface area (Å²) in [6.07, 6.45) is -0.472. The normalized spacial score (nSPS) is 11.8. The van der Waals surface area contributed by atoms with Gasteiger partial charge in [-0.05, 0) is 25.1 Å². The highest BCUT2D eigenvalue weighted by atomic mass is 32.1. The van der Waals surface area contributed by atoms with Crippen LogP contribution in [0.2, 0.25) is 0 Å². The lowest BCUT2D eigenvalue weighted by Crippen LogP contribution is -2.17. The Labute approximate surface area is 118 Å². The van der Waals surface area contributed by atoms with E-state index in [4.69, 9.17) is 0 Å². The molecule has 0 amide bonds. The van der Waals surface area contributed by atoms with E-state index in [-0.39, 0.29) is 11.4 Å². The first kappa shape index (κ1) is 14.9. The van der Waals surface area contributed by atoms with Crippen LogP contribution in [-0.2, 0) is 12.7 Å². The Hall–Kier alpha value is -1.47. The SMILES string of the molecule is CCCNCc1sc(-c2ccncc2)nc1C(F)(F)F. The average molecular weight is 301 g/mol. The average Bonchev–Trinajstić information content (AvgIpc) is 2.84. The number of hydrogen-bond acceptors (Lipinski definition) is 4. The van der Waals surface area contributed by atoms with Crippen molar-refractivity contribution in [2.24, 2.45) is 0 Å². The van der Waals surface area contributed by atoms with E-state index in [1.807, 2.05) is 6.92 Å². The first-order chi connectivity index (χ1) is 9.52. The summed E-state index contributed by atoms with van der Waals surface area (Å²) in [7, 11) is 0. The van der Waals surface area contributed by atoms with E-state index in [9.17, 15) is 13.2 Å². The van der Waals surface area contributed by atoms with Crippen LogP contribution in [0.25, 0.3) is 10.6 Å². The van der Waals surface area contributed by atoms with Crippen molar-refractivity contribution in [2.75, 3.05) is 6.54 Å². The second-order valence-corrected chi connectivity index (χ2v) is 5.28. The molecule has 2 heterocycles. The second kappa shape index (κ2) is 6.32. The predicted molar refractivity (Wildman–Crippen MR) is 72.3 cm³/mol. The van der Waals surface area contributed by atoms with Gasteiger partial charge in [-0.1, -0.05) is 6.92 Å². The first-order valence-corrected chi connectivity index (χ1v) is 7.02. The number of pyridine rings is 1. The fourth-order valence-electron chi connectivity index (χ4n) is 1.69. The highest BCUT2D eigenvalue weighted by molar-refractivity contribution is 7.15. The van der Waals surface area contributed by atoms with Crippen LogP contribution in [0.5, 0.6) is 0 Å². The Kier molecular flexibility index (Phi) is 4.72. The van der Waals surface area contributed by atoms with Gasteiger partial charge < -0.3 is 5.32 Å². The molecule has 0 aromatic carbocycles. The monoisotopic (exact) mass is 301 g/mol. The molecule has 2 rings (SSSR count). The molecule has 0 saturated carbocycles. The number of hydrogen-bond donors (Lipinski definition) is 1. The summed E-state index contributed by atoms with van der Waals surface area (Å²) >= 11 is 1.07. The molecular weight excluding hydrogens is 287 g/mol. The van der Waals surface area contributed by atoms with Crippen LogP contribution in [0.15, 0.2) is 24.5 Å². The topological polar surface area (TPSA) is 37.8 Å².